The third-order valence-electron chi connectivity index (χ3n) is 4.41. The Hall–Kier alpha value is -0.600. The summed E-state index contributed by atoms with van der Waals surface area (Å²) >= 11 is 1.90. The molecule has 0 radical (unpaired) electrons. The van der Waals surface area contributed by atoms with Crippen LogP contribution in [0, 0.1) is 0 Å². The van der Waals surface area contributed by atoms with Gasteiger partial charge in [0.1, 0.15) is 0 Å². The zero-order chi connectivity index (χ0) is 14.8. The zero-order valence-corrected chi connectivity index (χ0v) is 14.4. The fourth-order valence-corrected chi connectivity index (χ4v) is 3.96. The van der Waals surface area contributed by atoms with Crippen LogP contribution in [0.4, 0.5) is 0 Å². The van der Waals surface area contributed by atoms with Gasteiger partial charge >= 0.3 is 0 Å². The Morgan fingerprint density at radius 3 is 2.95 bits per heavy atom. The fourth-order valence-electron chi connectivity index (χ4n) is 3.21. The van der Waals surface area contributed by atoms with Crippen molar-refractivity contribution in [3.63, 3.8) is 0 Å². The summed E-state index contributed by atoms with van der Waals surface area (Å²) in [6.45, 7) is 3.42. The minimum absolute atomic E-state index is 0.628. The third-order valence-corrected chi connectivity index (χ3v) is 5.35. The summed E-state index contributed by atoms with van der Waals surface area (Å²) in [4.78, 5) is 1.54. The smallest absolute Gasteiger partial charge is 0.0279 e. The van der Waals surface area contributed by atoms with Gasteiger partial charge in [0, 0.05) is 10.9 Å². The van der Waals surface area contributed by atoms with E-state index in [0.717, 1.165) is 6.54 Å². The molecule has 0 aromatic carbocycles. The molecular weight excluding hydrogens is 274 g/mol. The van der Waals surface area contributed by atoms with Gasteiger partial charge in [0.25, 0.3) is 0 Å². The largest absolute Gasteiger partial charge is 0.310 e. The first-order chi connectivity index (χ1) is 10.4. The van der Waals surface area contributed by atoms with Crippen LogP contribution in [0.2, 0.25) is 0 Å². The lowest BCUT2D eigenvalue weighted by atomic mass is 9.92. The quantitative estimate of drug-likeness (QED) is 0.606. The van der Waals surface area contributed by atoms with E-state index in [0.29, 0.717) is 6.04 Å². The normalized spacial score (nSPS) is 20.3. The van der Waals surface area contributed by atoms with Crippen LogP contribution >= 0.6 is 11.3 Å². The van der Waals surface area contributed by atoms with E-state index in [1.165, 1.54) is 69.1 Å². The summed E-state index contributed by atoms with van der Waals surface area (Å²) in [6.07, 6.45) is 15.9. The molecule has 0 saturated carbocycles. The maximum Gasteiger partial charge on any atom is 0.0279 e. The fraction of sp³-hybridized carbons (Fsp3) is 0.684. The predicted molar refractivity (Wildman–Crippen MR) is 95.1 cm³/mol. The summed E-state index contributed by atoms with van der Waals surface area (Å²) in [5.41, 5.74) is 1.70. The van der Waals surface area contributed by atoms with Crippen molar-refractivity contribution in [3.8, 4) is 0 Å². The molecule has 1 aromatic rings. The standard InChI is InChI=1S/C19H31NS/c1-2-15-20-19(14-8-12-18-13-9-16-21-18)17-10-6-4-3-5-7-11-17/h9-10,13,16,19-20H,2-8,11-12,14-15H2,1H3/b17-10+. The first kappa shape index (κ1) is 16.8. The Morgan fingerprint density at radius 2 is 2.14 bits per heavy atom. The van der Waals surface area contributed by atoms with Gasteiger partial charge in [-0.05, 0) is 69.4 Å². The van der Waals surface area contributed by atoms with Gasteiger partial charge in [-0.25, -0.2) is 0 Å². The van der Waals surface area contributed by atoms with Crippen LogP contribution in [0.1, 0.15) is 69.6 Å². The van der Waals surface area contributed by atoms with Crippen molar-refractivity contribution in [2.45, 2.75) is 77.2 Å². The molecule has 0 bridgehead atoms. The Labute approximate surface area is 134 Å². The monoisotopic (exact) mass is 305 g/mol. The average Bonchev–Trinajstić information content (AvgIpc) is 2.96. The van der Waals surface area contributed by atoms with Gasteiger partial charge in [0.05, 0.1) is 0 Å². The van der Waals surface area contributed by atoms with Crippen LogP contribution < -0.4 is 5.32 Å². The molecule has 1 N–H and O–H groups in total. The maximum absolute atomic E-state index is 3.80. The van der Waals surface area contributed by atoms with Crippen LogP contribution in [0.15, 0.2) is 29.2 Å². The van der Waals surface area contributed by atoms with E-state index < -0.39 is 0 Å². The third kappa shape index (κ3) is 6.36. The van der Waals surface area contributed by atoms with Crippen molar-refractivity contribution >= 4 is 11.3 Å². The molecule has 1 aromatic heterocycles. The van der Waals surface area contributed by atoms with Crippen molar-refractivity contribution in [1.82, 2.24) is 5.32 Å². The van der Waals surface area contributed by atoms with E-state index in [4.69, 9.17) is 0 Å². The number of nitrogens with one attached hydrogen (secondary N) is 1. The molecule has 0 fully saturated rings. The lowest BCUT2D eigenvalue weighted by Gasteiger charge is -2.23. The van der Waals surface area contributed by atoms with Crippen molar-refractivity contribution in [2.75, 3.05) is 6.54 Å². The summed E-state index contributed by atoms with van der Waals surface area (Å²) in [7, 11) is 0. The molecule has 2 heteroatoms. The molecule has 0 saturated heterocycles. The lowest BCUT2D eigenvalue weighted by molar-refractivity contribution is 0.489. The van der Waals surface area contributed by atoms with Crippen molar-refractivity contribution < 1.29 is 0 Å². The van der Waals surface area contributed by atoms with Gasteiger partial charge in [0.15, 0.2) is 0 Å². The summed E-state index contributed by atoms with van der Waals surface area (Å²) < 4.78 is 0. The first-order valence-corrected chi connectivity index (χ1v) is 9.73. The molecule has 1 heterocycles. The molecule has 0 aliphatic heterocycles. The second kappa shape index (κ2) is 10.2. The number of hydrogen-bond donors (Lipinski definition) is 1. The molecule has 1 nitrogen and oxygen atoms in total. The molecule has 1 aliphatic rings. The van der Waals surface area contributed by atoms with Gasteiger partial charge in [-0.1, -0.05) is 37.5 Å². The van der Waals surface area contributed by atoms with Gasteiger partial charge in [0.2, 0.25) is 0 Å². The van der Waals surface area contributed by atoms with Gasteiger partial charge in [-0.2, -0.15) is 0 Å². The number of hydrogen-bond acceptors (Lipinski definition) is 2. The van der Waals surface area contributed by atoms with E-state index >= 15 is 0 Å². The Bertz CT molecular complexity index is 394. The molecular formula is C19H31NS. The first-order valence-electron chi connectivity index (χ1n) is 8.85. The van der Waals surface area contributed by atoms with E-state index in [2.05, 4.69) is 35.8 Å². The van der Waals surface area contributed by atoms with Crippen molar-refractivity contribution in [1.29, 1.82) is 0 Å². The summed E-state index contributed by atoms with van der Waals surface area (Å²) in [5.74, 6) is 0. The minimum Gasteiger partial charge on any atom is -0.310 e. The van der Waals surface area contributed by atoms with Crippen LogP contribution in [-0.2, 0) is 6.42 Å². The topological polar surface area (TPSA) is 12.0 Å². The molecule has 1 atom stereocenters. The zero-order valence-electron chi connectivity index (χ0n) is 13.6. The van der Waals surface area contributed by atoms with Gasteiger partial charge in [-0.3, -0.25) is 0 Å². The maximum atomic E-state index is 3.80. The molecule has 118 valence electrons. The van der Waals surface area contributed by atoms with E-state index in [9.17, 15) is 0 Å². The Kier molecular flexibility index (Phi) is 8.13. The lowest BCUT2D eigenvalue weighted by Crippen LogP contribution is -2.32. The summed E-state index contributed by atoms with van der Waals surface area (Å²) in [5, 5.41) is 6.00. The number of aryl methyl sites for hydroxylation is 1. The van der Waals surface area contributed by atoms with Crippen LogP contribution in [0.3, 0.4) is 0 Å². The highest BCUT2D eigenvalue weighted by molar-refractivity contribution is 7.09. The SMILES string of the molecule is CCCNC(CCCc1cccs1)/C1=C/CCCCCC1. The highest BCUT2D eigenvalue weighted by Crippen LogP contribution is 2.23. The van der Waals surface area contributed by atoms with Crippen LogP contribution in [-0.4, -0.2) is 12.6 Å². The molecule has 1 unspecified atom stereocenters. The van der Waals surface area contributed by atoms with Crippen LogP contribution in [0.25, 0.3) is 0 Å². The molecule has 1 aliphatic carbocycles. The average molecular weight is 306 g/mol. The van der Waals surface area contributed by atoms with Gasteiger partial charge < -0.3 is 5.32 Å². The number of allylic oxidation sites excluding steroid dienone is 1. The van der Waals surface area contributed by atoms with E-state index in [1.54, 1.807) is 5.57 Å². The molecule has 21 heavy (non-hydrogen) atoms. The number of rotatable bonds is 8. The van der Waals surface area contributed by atoms with Crippen molar-refractivity contribution in [2.24, 2.45) is 0 Å². The van der Waals surface area contributed by atoms with Gasteiger partial charge in [-0.15, -0.1) is 11.3 Å². The second-order valence-corrected chi connectivity index (χ2v) is 7.24. The van der Waals surface area contributed by atoms with E-state index in [1.807, 2.05) is 11.3 Å². The minimum atomic E-state index is 0.628. The molecule has 0 spiro atoms. The summed E-state index contributed by atoms with van der Waals surface area (Å²) in [6, 6.07) is 5.07. The van der Waals surface area contributed by atoms with E-state index in [-0.39, 0.29) is 0 Å². The Morgan fingerprint density at radius 1 is 1.24 bits per heavy atom. The molecule has 2 rings (SSSR count). The highest BCUT2D eigenvalue weighted by atomic mass is 32.1. The predicted octanol–water partition coefficient (Wildman–Crippen LogP) is 5.72. The highest BCUT2D eigenvalue weighted by Gasteiger charge is 2.14. The van der Waals surface area contributed by atoms with Crippen molar-refractivity contribution in [3.05, 3.63) is 34.0 Å². The second-order valence-electron chi connectivity index (χ2n) is 6.21. The Balaban J connectivity index is 1.85. The molecule has 0 amide bonds. The van der Waals surface area contributed by atoms with Crippen LogP contribution in [0.5, 0.6) is 0 Å². The number of thiophene rings is 1.